The third-order valence-electron chi connectivity index (χ3n) is 3.56. The van der Waals surface area contributed by atoms with Gasteiger partial charge in [-0.3, -0.25) is 4.79 Å². The van der Waals surface area contributed by atoms with Gasteiger partial charge in [-0.25, -0.2) is 0 Å². The molecule has 16 heavy (non-hydrogen) atoms. The summed E-state index contributed by atoms with van der Waals surface area (Å²) in [7, 11) is 0. The molecule has 0 radical (unpaired) electrons. The molecule has 0 amide bonds. The lowest BCUT2D eigenvalue weighted by molar-refractivity contribution is -0.156. The van der Waals surface area contributed by atoms with Gasteiger partial charge in [0, 0.05) is 0 Å². The largest absolute Gasteiger partial charge is 0.481 e. The van der Waals surface area contributed by atoms with Crippen LogP contribution in [0.3, 0.4) is 0 Å². The van der Waals surface area contributed by atoms with E-state index in [0.717, 1.165) is 12.8 Å². The first-order valence-corrected chi connectivity index (χ1v) is 5.84. The van der Waals surface area contributed by atoms with Gasteiger partial charge >= 0.3 is 5.97 Å². The van der Waals surface area contributed by atoms with Crippen LogP contribution in [0.5, 0.6) is 0 Å². The second-order valence-electron chi connectivity index (χ2n) is 5.66. The SMILES string of the molecule is CC1=CC(C)CC(C(O)C(C)(C)C(=O)O)C1. The zero-order chi connectivity index (χ0) is 12.5. The van der Waals surface area contributed by atoms with Crippen molar-refractivity contribution in [2.45, 2.75) is 46.6 Å². The molecule has 0 aromatic rings. The van der Waals surface area contributed by atoms with Crippen LogP contribution in [0, 0.1) is 17.3 Å². The Kier molecular flexibility index (Phi) is 3.79. The molecule has 3 unspecified atom stereocenters. The minimum absolute atomic E-state index is 0.0612. The van der Waals surface area contributed by atoms with Gasteiger partial charge in [0.1, 0.15) is 0 Å². The van der Waals surface area contributed by atoms with Gasteiger partial charge in [-0.05, 0) is 45.4 Å². The lowest BCUT2D eigenvalue weighted by Gasteiger charge is -2.36. The van der Waals surface area contributed by atoms with Gasteiger partial charge in [0.2, 0.25) is 0 Å². The molecule has 0 saturated heterocycles. The summed E-state index contributed by atoms with van der Waals surface area (Å²) in [5.74, 6) is -0.441. The van der Waals surface area contributed by atoms with Crippen molar-refractivity contribution in [1.82, 2.24) is 0 Å². The second-order valence-corrected chi connectivity index (χ2v) is 5.66. The van der Waals surface area contributed by atoms with E-state index in [1.54, 1.807) is 13.8 Å². The van der Waals surface area contributed by atoms with Crippen molar-refractivity contribution in [3.8, 4) is 0 Å². The maximum atomic E-state index is 11.1. The second kappa shape index (κ2) is 4.58. The summed E-state index contributed by atoms with van der Waals surface area (Å²) in [4.78, 5) is 11.1. The number of allylic oxidation sites excluding steroid dienone is 2. The maximum absolute atomic E-state index is 11.1. The van der Waals surface area contributed by atoms with Crippen molar-refractivity contribution in [3.05, 3.63) is 11.6 Å². The van der Waals surface area contributed by atoms with Crippen LogP contribution in [-0.4, -0.2) is 22.3 Å². The Labute approximate surface area is 97.2 Å². The summed E-state index contributed by atoms with van der Waals surface area (Å²) < 4.78 is 0. The van der Waals surface area contributed by atoms with Crippen LogP contribution < -0.4 is 0 Å². The molecule has 1 rings (SSSR count). The Bertz CT molecular complexity index is 304. The topological polar surface area (TPSA) is 57.5 Å². The molecule has 3 nitrogen and oxygen atoms in total. The molecule has 1 aliphatic carbocycles. The molecule has 0 bridgehead atoms. The first kappa shape index (κ1) is 13.2. The van der Waals surface area contributed by atoms with Gasteiger partial charge in [0.15, 0.2) is 0 Å². The van der Waals surface area contributed by atoms with Gasteiger partial charge in [-0.2, -0.15) is 0 Å². The zero-order valence-electron chi connectivity index (χ0n) is 10.5. The standard InChI is InChI=1S/C13H22O3/c1-8-5-9(2)7-10(6-8)11(14)13(3,4)12(15)16/h5,8,10-11,14H,6-7H2,1-4H3,(H,15,16). The van der Waals surface area contributed by atoms with E-state index in [2.05, 4.69) is 13.0 Å². The number of carbonyl (C=O) groups is 1. The molecular formula is C13H22O3. The molecule has 3 atom stereocenters. The Hall–Kier alpha value is -0.830. The average molecular weight is 226 g/mol. The number of aliphatic hydroxyl groups excluding tert-OH is 1. The smallest absolute Gasteiger partial charge is 0.311 e. The van der Waals surface area contributed by atoms with Crippen LogP contribution in [0.4, 0.5) is 0 Å². The minimum Gasteiger partial charge on any atom is -0.481 e. The van der Waals surface area contributed by atoms with E-state index in [-0.39, 0.29) is 5.92 Å². The summed E-state index contributed by atoms with van der Waals surface area (Å²) in [6, 6.07) is 0. The molecule has 1 aliphatic rings. The van der Waals surface area contributed by atoms with Crippen molar-refractivity contribution in [2.24, 2.45) is 17.3 Å². The van der Waals surface area contributed by atoms with Crippen molar-refractivity contribution < 1.29 is 15.0 Å². The van der Waals surface area contributed by atoms with Gasteiger partial charge in [0.05, 0.1) is 11.5 Å². The van der Waals surface area contributed by atoms with E-state index in [1.807, 2.05) is 6.92 Å². The van der Waals surface area contributed by atoms with E-state index in [0.29, 0.717) is 5.92 Å². The highest BCUT2D eigenvalue weighted by molar-refractivity contribution is 5.74. The molecule has 0 saturated carbocycles. The summed E-state index contributed by atoms with van der Waals surface area (Å²) in [6.07, 6.45) is 3.10. The third-order valence-corrected chi connectivity index (χ3v) is 3.56. The van der Waals surface area contributed by atoms with Crippen molar-refractivity contribution in [3.63, 3.8) is 0 Å². The molecule has 2 N–H and O–H groups in total. The lowest BCUT2D eigenvalue weighted by atomic mass is 9.72. The maximum Gasteiger partial charge on any atom is 0.311 e. The van der Waals surface area contributed by atoms with Crippen LogP contribution in [0.2, 0.25) is 0 Å². The van der Waals surface area contributed by atoms with Gasteiger partial charge in [-0.15, -0.1) is 0 Å². The minimum atomic E-state index is -1.07. The van der Waals surface area contributed by atoms with E-state index >= 15 is 0 Å². The molecule has 0 spiro atoms. The van der Waals surface area contributed by atoms with Gasteiger partial charge in [0.25, 0.3) is 0 Å². The van der Waals surface area contributed by atoms with E-state index in [1.165, 1.54) is 5.57 Å². The summed E-state index contributed by atoms with van der Waals surface area (Å²) in [5.41, 5.74) is 0.186. The van der Waals surface area contributed by atoms with Crippen molar-refractivity contribution in [1.29, 1.82) is 0 Å². The molecule has 0 fully saturated rings. The lowest BCUT2D eigenvalue weighted by Crippen LogP contribution is -2.43. The third kappa shape index (κ3) is 2.64. The highest BCUT2D eigenvalue weighted by Gasteiger charge is 2.41. The van der Waals surface area contributed by atoms with Crippen LogP contribution in [0.25, 0.3) is 0 Å². The number of carboxylic acid groups (broad SMARTS) is 1. The van der Waals surface area contributed by atoms with Crippen LogP contribution >= 0.6 is 0 Å². The normalized spacial score (nSPS) is 28.4. The zero-order valence-corrected chi connectivity index (χ0v) is 10.5. The van der Waals surface area contributed by atoms with Crippen LogP contribution in [-0.2, 0) is 4.79 Å². The number of aliphatic hydroxyl groups is 1. The highest BCUT2D eigenvalue weighted by atomic mass is 16.4. The predicted molar refractivity (Wildman–Crippen MR) is 63.1 cm³/mol. The number of rotatable bonds is 3. The predicted octanol–water partition coefficient (Wildman–Crippen LogP) is 2.45. The summed E-state index contributed by atoms with van der Waals surface area (Å²) in [6.45, 7) is 7.34. The molecule has 3 heteroatoms. The fraction of sp³-hybridized carbons (Fsp3) is 0.769. The summed E-state index contributed by atoms with van der Waals surface area (Å²) >= 11 is 0. The Morgan fingerprint density at radius 3 is 2.56 bits per heavy atom. The monoisotopic (exact) mass is 226 g/mol. The highest BCUT2D eigenvalue weighted by Crippen LogP contribution is 2.36. The van der Waals surface area contributed by atoms with E-state index in [9.17, 15) is 9.90 Å². The number of aliphatic carboxylic acids is 1. The average Bonchev–Trinajstić information content (AvgIpc) is 2.14. The van der Waals surface area contributed by atoms with Crippen molar-refractivity contribution in [2.75, 3.05) is 0 Å². The number of hydrogen-bond acceptors (Lipinski definition) is 2. The van der Waals surface area contributed by atoms with Crippen molar-refractivity contribution >= 4 is 5.97 Å². The fourth-order valence-electron chi connectivity index (χ4n) is 2.55. The fourth-order valence-corrected chi connectivity index (χ4v) is 2.55. The number of hydrogen-bond donors (Lipinski definition) is 2. The van der Waals surface area contributed by atoms with Gasteiger partial charge < -0.3 is 10.2 Å². The number of carboxylic acids is 1. The summed E-state index contributed by atoms with van der Waals surface area (Å²) in [5, 5.41) is 19.3. The van der Waals surface area contributed by atoms with Crippen LogP contribution in [0.15, 0.2) is 11.6 Å². The van der Waals surface area contributed by atoms with E-state index in [4.69, 9.17) is 5.11 Å². The Morgan fingerprint density at radius 1 is 1.56 bits per heavy atom. The first-order chi connectivity index (χ1) is 7.25. The Morgan fingerprint density at radius 2 is 2.12 bits per heavy atom. The molecule has 0 aliphatic heterocycles. The van der Waals surface area contributed by atoms with Gasteiger partial charge in [-0.1, -0.05) is 18.6 Å². The molecular weight excluding hydrogens is 204 g/mol. The molecule has 0 aromatic carbocycles. The molecule has 0 aromatic heterocycles. The first-order valence-electron chi connectivity index (χ1n) is 5.84. The molecule has 0 heterocycles. The van der Waals surface area contributed by atoms with E-state index < -0.39 is 17.5 Å². The Balaban J connectivity index is 2.80. The quantitative estimate of drug-likeness (QED) is 0.727. The van der Waals surface area contributed by atoms with Crippen LogP contribution in [0.1, 0.15) is 40.5 Å². The molecule has 92 valence electrons.